The summed E-state index contributed by atoms with van der Waals surface area (Å²) in [6.07, 6.45) is 3.05. The number of rotatable bonds is 4. The highest BCUT2D eigenvalue weighted by Gasteiger charge is 2.27. The molecule has 3 heterocycles. The second-order valence-corrected chi connectivity index (χ2v) is 6.96. The maximum atomic E-state index is 13.0. The lowest BCUT2D eigenvalue weighted by Crippen LogP contribution is -2.54. The normalized spacial score (nSPS) is 12.9. The van der Waals surface area contributed by atoms with Crippen LogP contribution in [0.2, 0.25) is 0 Å². The maximum absolute atomic E-state index is 13.0. The highest BCUT2D eigenvalue weighted by atomic mass is 32.1. The molecule has 0 aliphatic heterocycles. The van der Waals surface area contributed by atoms with Crippen LogP contribution >= 0.6 is 11.3 Å². The SMILES string of the molecule is CCN=C([O-])C(C)(C)n1c(=O)[nH]c2sc(-n3nccn3)c(C)c2c1=O. The van der Waals surface area contributed by atoms with Gasteiger partial charge in [-0.25, -0.2) is 9.36 Å². The Bertz CT molecular complexity index is 1070. The van der Waals surface area contributed by atoms with E-state index >= 15 is 0 Å². The van der Waals surface area contributed by atoms with Crippen molar-refractivity contribution in [2.24, 2.45) is 4.99 Å². The summed E-state index contributed by atoms with van der Waals surface area (Å²) in [5, 5.41) is 21.4. The number of thiophene rings is 1. The van der Waals surface area contributed by atoms with Gasteiger partial charge in [0.05, 0.1) is 23.3 Å². The molecule has 0 atom stereocenters. The molecule has 3 rings (SSSR count). The van der Waals surface area contributed by atoms with E-state index in [0.717, 1.165) is 4.57 Å². The monoisotopic (exact) mass is 361 g/mol. The van der Waals surface area contributed by atoms with Gasteiger partial charge in [-0.15, -0.1) is 4.80 Å². The van der Waals surface area contributed by atoms with E-state index in [-0.39, 0.29) is 6.54 Å². The van der Waals surface area contributed by atoms with E-state index in [2.05, 4.69) is 20.2 Å². The molecule has 0 radical (unpaired) electrons. The first-order chi connectivity index (χ1) is 11.8. The predicted octanol–water partition coefficient (Wildman–Crippen LogP) is 0.154. The van der Waals surface area contributed by atoms with Gasteiger partial charge in [0.15, 0.2) is 0 Å². The van der Waals surface area contributed by atoms with Crippen LogP contribution in [-0.4, -0.2) is 37.0 Å². The molecule has 25 heavy (non-hydrogen) atoms. The van der Waals surface area contributed by atoms with Crippen molar-refractivity contribution in [3.05, 3.63) is 38.8 Å². The average Bonchev–Trinajstić information content (AvgIpc) is 3.15. The van der Waals surface area contributed by atoms with Crippen LogP contribution in [0.1, 0.15) is 26.3 Å². The fourth-order valence-corrected chi connectivity index (χ4v) is 3.76. The lowest BCUT2D eigenvalue weighted by molar-refractivity contribution is -0.228. The van der Waals surface area contributed by atoms with E-state index in [4.69, 9.17) is 0 Å². The van der Waals surface area contributed by atoms with E-state index in [9.17, 15) is 14.7 Å². The molecule has 0 fully saturated rings. The molecule has 0 unspecified atom stereocenters. The molecule has 132 valence electrons. The molecule has 0 saturated heterocycles. The van der Waals surface area contributed by atoms with Gasteiger partial charge >= 0.3 is 5.69 Å². The average molecular weight is 361 g/mol. The number of hydrogen-bond acceptors (Lipinski definition) is 7. The van der Waals surface area contributed by atoms with Gasteiger partial charge in [-0.2, -0.15) is 10.2 Å². The van der Waals surface area contributed by atoms with Gasteiger partial charge < -0.3 is 10.1 Å². The minimum atomic E-state index is -1.38. The quantitative estimate of drug-likeness (QED) is 0.524. The van der Waals surface area contributed by atoms with Gasteiger partial charge in [0.25, 0.3) is 5.56 Å². The van der Waals surface area contributed by atoms with Crippen molar-refractivity contribution in [3.8, 4) is 5.00 Å². The van der Waals surface area contributed by atoms with E-state index in [1.54, 1.807) is 13.8 Å². The van der Waals surface area contributed by atoms with Crippen LogP contribution in [0, 0.1) is 6.92 Å². The van der Waals surface area contributed by atoms with Crippen LogP contribution in [0.3, 0.4) is 0 Å². The van der Waals surface area contributed by atoms with Crippen LogP contribution in [0.5, 0.6) is 0 Å². The molecule has 0 aliphatic rings. The first-order valence-corrected chi connectivity index (χ1v) is 8.48. The van der Waals surface area contributed by atoms with Gasteiger partial charge in [-0.1, -0.05) is 11.3 Å². The van der Waals surface area contributed by atoms with E-state index < -0.39 is 22.7 Å². The first kappa shape index (κ1) is 17.1. The zero-order chi connectivity index (χ0) is 18.4. The smallest absolute Gasteiger partial charge is 0.330 e. The lowest BCUT2D eigenvalue weighted by Gasteiger charge is -2.32. The van der Waals surface area contributed by atoms with Crippen LogP contribution in [0.15, 0.2) is 27.0 Å². The minimum absolute atomic E-state index is 0.282. The van der Waals surface area contributed by atoms with Crippen molar-refractivity contribution in [1.82, 2.24) is 24.5 Å². The maximum Gasteiger partial charge on any atom is 0.330 e. The Labute approximate surface area is 146 Å². The van der Waals surface area contributed by atoms with Gasteiger partial charge in [-0.05, 0) is 33.6 Å². The zero-order valence-electron chi connectivity index (χ0n) is 14.2. The van der Waals surface area contributed by atoms with Crippen molar-refractivity contribution in [2.45, 2.75) is 33.2 Å². The van der Waals surface area contributed by atoms with Crippen molar-refractivity contribution in [2.75, 3.05) is 6.54 Å². The standard InChI is InChI=1S/C15H18N6O3S/c1-5-16-13(23)15(3,4)20-11(22)9-8(2)12(21-17-6-7-18-21)25-10(9)19-14(20)24/h6-7H,5H2,1-4H3,(H,16,23)(H,19,24)/p-1. The number of hydrogen-bond donors (Lipinski definition) is 1. The second-order valence-electron chi connectivity index (χ2n) is 5.96. The van der Waals surface area contributed by atoms with Crippen molar-refractivity contribution in [1.29, 1.82) is 0 Å². The predicted molar refractivity (Wildman–Crippen MR) is 93.7 cm³/mol. The molecule has 1 N–H and O–H groups in total. The molecule has 0 aromatic carbocycles. The van der Waals surface area contributed by atoms with Crippen LogP contribution < -0.4 is 16.4 Å². The van der Waals surface area contributed by atoms with E-state index in [1.165, 1.54) is 42.4 Å². The zero-order valence-corrected chi connectivity index (χ0v) is 15.0. The van der Waals surface area contributed by atoms with Crippen molar-refractivity contribution in [3.63, 3.8) is 0 Å². The fraction of sp³-hybridized carbons (Fsp3) is 0.400. The summed E-state index contributed by atoms with van der Waals surface area (Å²) in [4.78, 5) is 33.8. The minimum Gasteiger partial charge on any atom is -0.860 e. The van der Waals surface area contributed by atoms with Crippen LogP contribution in [-0.2, 0) is 5.54 Å². The first-order valence-electron chi connectivity index (χ1n) is 7.66. The van der Waals surface area contributed by atoms with Crippen molar-refractivity contribution < 1.29 is 5.11 Å². The lowest BCUT2D eigenvalue weighted by atomic mass is 10.0. The molecule has 0 spiro atoms. The molecular weight excluding hydrogens is 344 g/mol. The van der Waals surface area contributed by atoms with E-state index in [0.29, 0.717) is 20.8 Å². The Hall–Kier alpha value is -2.75. The van der Waals surface area contributed by atoms with Crippen molar-refractivity contribution >= 4 is 27.5 Å². The Balaban J connectivity index is 2.34. The summed E-state index contributed by atoms with van der Waals surface area (Å²) in [5.74, 6) is -0.524. The third-order valence-corrected chi connectivity index (χ3v) is 5.12. The highest BCUT2D eigenvalue weighted by molar-refractivity contribution is 7.21. The van der Waals surface area contributed by atoms with Gasteiger partial charge in [0.2, 0.25) is 0 Å². The van der Waals surface area contributed by atoms with Crippen LogP contribution in [0.25, 0.3) is 15.2 Å². The Morgan fingerprint density at radius 3 is 2.60 bits per heavy atom. The second kappa shape index (κ2) is 5.96. The molecule has 3 aromatic rings. The Morgan fingerprint density at radius 2 is 2.00 bits per heavy atom. The fourth-order valence-electron chi connectivity index (χ4n) is 2.66. The summed E-state index contributed by atoms with van der Waals surface area (Å²) in [6.45, 7) is 6.77. The number of nitrogens with one attached hydrogen (secondary N) is 1. The number of aromatic nitrogens is 5. The van der Waals surface area contributed by atoms with Gasteiger partial charge in [0, 0.05) is 12.1 Å². The molecule has 0 bridgehead atoms. The molecule has 0 aliphatic carbocycles. The molecule has 9 nitrogen and oxygen atoms in total. The summed E-state index contributed by atoms with van der Waals surface area (Å²) < 4.78 is 0.927. The summed E-state index contributed by atoms with van der Waals surface area (Å²) in [7, 11) is 0. The molecule has 0 saturated carbocycles. The molecule has 10 heteroatoms. The summed E-state index contributed by atoms with van der Waals surface area (Å²) in [5.41, 5.74) is -1.92. The third-order valence-electron chi connectivity index (χ3n) is 3.95. The Kier molecular flexibility index (Phi) is 4.07. The number of aromatic amines is 1. The largest absolute Gasteiger partial charge is 0.860 e. The number of H-pyrrole nitrogens is 1. The topological polar surface area (TPSA) is 121 Å². The number of aliphatic imine (C=N–C) groups is 1. The molecular formula is C15H17N6O3S-. The van der Waals surface area contributed by atoms with Gasteiger partial charge in [-0.3, -0.25) is 9.78 Å². The third kappa shape index (κ3) is 2.58. The number of aryl methyl sites for hydroxylation is 1. The Morgan fingerprint density at radius 1 is 1.36 bits per heavy atom. The van der Waals surface area contributed by atoms with Crippen LogP contribution in [0.4, 0.5) is 0 Å². The molecule has 3 aromatic heterocycles. The summed E-state index contributed by atoms with van der Waals surface area (Å²) in [6, 6.07) is 0. The highest BCUT2D eigenvalue weighted by Crippen LogP contribution is 2.29. The van der Waals surface area contributed by atoms with E-state index in [1.807, 2.05) is 0 Å². The molecule has 0 amide bonds. The summed E-state index contributed by atoms with van der Waals surface area (Å²) >= 11 is 1.21. The number of fused-ring (bicyclic) bond motifs is 1. The number of nitrogens with zero attached hydrogens (tertiary/aromatic N) is 5. The van der Waals surface area contributed by atoms with Gasteiger partial charge in [0.1, 0.15) is 9.83 Å².